The standard InChI is InChI=1S/C22H19ClN2O3S/c23-18-8-3-6-17(15-18)22(26)24-19-10-12-20(13-11-19)29(27,28)25-14-4-7-16-5-1-2-9-21(16)25/h1-3,5-6,8-13,15H,4,7,14H2,(H,24,26). The number of nitrogens with one attached hydrogen (secondary N) is 1. The number of hydrogen-bond donors (Lipinski definition) is 1. The maximum atomic E-state index is 13.2. The molecule has 0 aromatic heterocycles. The highest BCUT2D eigenvalue weighted by atomic mass is 35.5. The Morgan fingerprint density at radius 3 is 2.48 bits per heavy atom. The molecule has 3 aromatic carbocycles. The van der Waals surface area contributed by atoms with Crippen molar-refractivity contribution in [1.82, 2.24) is 0 Å². The van der Waals surface area contributed by atoms with Crippen molar-refractivity contribution in [2.75, 3.05) is 16.2 Å². The Bertz CT molecular complexity index is 1160. The van der Waals surface area contributed by atoms with Gasteiger partial charge in [-0.2, -0.15) is 0 Å². The van der Waals surface area contributed by atoms with Crippen molar-refractivity contribution in [2.24, 2.45) is 0 Å². The molecule has 1 aliphatic heterocycles. The zero-order chi connectivity index (χ0) is 20.4. The van der Waals surface area contributed by atoms with E-state index in [1.165, 1.54) is 16.4 Å². The highest BCUT2D eigenvalue weighted by molar-refractivity contribution is 7.92. The molecular formula is C22H19ClN2O3S. The first-order chi connectivity index (χ1) is 13.9. The van der Waals surface area contributed by atoms with Gasteiger partial charge in [-0.05, 0) is 66.9 Å². The van der Waals surface area contributed by atoms with Crippen molar-refractivity contribution in [3.05, 3.63) is 88.9 Å². The van der Waals surface area contributed by atoms with E-state index < -0.39 is 10.0 Å². The monoisotopic (exact) mass is 426 g/mol. The van der Waals surface area contributed by atoms with E-state index in [9.17, 15) is 13.2 Å². The fourth-order valence-corrected chi connectivity index (χ4v) is 5.15. The molecule has 3 aromatic rings. The van der Waals surface area contributed by atoms with Gasteiger partial charge in [0.2, 0.25) is 0 Å². The summed E-state index contributed by atoms with van der Waals surface area (Å²) < 4.78 is 27.8. The molecule has 0 aliphatic carbocycles. The predicted molar refractivity (Wildman–Crippen MR) is 115 cm³/mol. The number of carbonyl (C=O) groups excluding carboxylic acids is 1. The number of halogens is 1. The number of rotatable bonds is 4. The largest absolute Gasteiger partial charge is 0.322 e. The molecule has 1 heterocycles. The van der Waals surface area contributed by atoms with Gasteiger partial charge in [0, 0.05) is 22.8 Å². The van der Waals surface area contributed by atoms with Gasteiger partial charge in [-0.25, -0.2) is 8.42 Å². The van der Waals surface area contributed by atoms with Crippen LogP contribution in [0.3, 0.4) is 0 Å². The van der Waals surface area contributed by atoms with Gasteiger partial charge in [-0.3, -0.25) is 9.10 Å². The number of para-hydroxylation sites is 1. The van der Waals surface area contributed by atoms with E-state index in [2.05, 4.69) is 5.32 Å². The lowest BCUT2D eigenvalue weighted by Gasteiger charge is -2.30. The van der Waals surface area contributed by atoms with E-state index in [1.807, 2.05) is 24.3 Å². The Morgan fingerprint density at radius 2 is 1.72 bits per heavy atom. The van der Waals surface area contributed by atoms with E-state index in [-0.39, 0.29) is 10.8 Å². The first-order valence-electron chi connectivity index (χ1n) is 9.23. The van der Waals surface area contributed by atoms with Crippen LogP contribution in [0.5, 0.6) is 0 Å². The molecule has 29 heavy (non-hydrogen) atoms. The third-order valence-electron chi connectivity index (χ3n) is 4.85. The van der Waals surface area contributed by atoms with E-state index >= 15 is 0 Å². The summed E-state index contributed by atoms with van der Waals surface area (Å²) in [6.07, 6.45) is 1.65. The first-order valence-corrected chi connectivity index (χ1v) is 11.0. The van der Waals surface area contributed by atoms with Crippen LogP contribution in [0.2, 0.25) is 5.02 Å². The minimum atomic E-state index is -3.68. The number of fused-ring (bicyclic) bond motifs is 1. The second kappa shape index (κ2) is 7.89. The van der Waals surface area contributed by atoms with Crippen LogP contribution in [0.1, 0.15) is 22.3 Å². The normalized spacial score (nSPS) is 13.6. The maximum Gasteiger partial charge on any atom is 0.264 e. The summed E-state index contributed by atoms with van der Waals surface area (Å²) in [4.78, 5) is 12.5. The summed E-state index contributed by atoms with van der Waals surface area (Å²) in [6, 6.07) is 20.4. The van der Waals surface area contributed by atoms with Gasteiger partial charge in [-0.1, -0.05) is 35.9 Å². The van der Waals surface area contributed by atoms with Crippen LogP contribution >= 0.6 is 11.6 Å². The van der Waals surface area contributed by atoms with Gasteiger partial charge in [0.05, 0.1) is 10.6 Å². The average Bonchev–Trinajstić information content (AvgIpc) is 2.73. The Balaban J connectivity index is 1.56. The topological polar surface area (TPSA) is 66.5 Å². The first kappa shape index (κ1) is 19.5. The van der Waals surface area contributed by atoms with Crippen LogP contribution in [0, 0.1) is 0 Å². The van der Waals surface area contributed by atoms with Crippen molar-refractivity contribution in [2.45, 2.75) is 17.7 Å². The number of amides is 1. The van der Waals surface area contributed by atoms with Crippen molar-refractivity contribution < 1.29 is 13.2 Å². The number of nitrogens with zero attached hydrogens (tertiary/aromatic N) is 1. The van der Waals surface area contributed by atoms with Crippen molar-refractivity contribution >= 4 is 38.9 Å². The molecule has 7 heteroatoms. The molecule has 148 valence electrons. The summed E-state index contributed by atoms with van der Waals surface area (Å²) in [5, 5.41) is 3.23. The van der Waals surface area contributed by atoms with Gasteiger partial charge in [0.25, 0.3) is 15.9 Å². The molecule has 5 nitrogen and oxygen atoms in total. The summed E-state index contributed by atoms with van der Waals surface area (Å²) in [5.74, 6) is -0.312. The lowest BCUT2D eigenvalue weighted by Crippen LogP contribution is -2.35. The lowest BCUT2D eigenvalue weighted by atomic mass is 10.0. The molecule has 0 saturated carbocycles. The number of carbonyl (C=O) groups is 1. The van der Waals surface area contributed by atoms with E-state index in [0.717, 1.165) is 24.1 Å². The zero-order valence-corrected chi connectivity index (χ0v) is 17.1. The van der Waals surface area contributed by atoms with Crippen molar-refractivity contribution in [1.29, 1.82) is 0 Å². The van der Waals surface area contributed by atoms with Crippen molar-refractivity contribution in [3.63, 3.8) is 0 Å². The number of anilines is 2. The molecule has 0 spiro atoms. The molecular weight excluding hydrogens is 408 g/mol. The zero-order valence-electron chi connectivity index (χ0n) is 15.5. The summed E-state index contributed by atoms with van der Waals surface area (Å²) in [7, 11) is -3.68. The van der Waals surface area contributed by atoms with Gasteiger partial charge < -0.3 is 5.32 Å². The van der Waals surface area contributed by atoms with Crippen LogP contribution in [-0.4, -0.2) is 20.9 Å². The van der Waals surface area contributed by atoms with Gasteiger partial charge in [0.1, 0.15) is 0 Å². The molecule has 0 fully saturated rings. The lowest BCUT2D eigenvalue weighted by molar-refractivity contribution is 0.102. The molecule has 0 atom stereocenters. The predicted octanol–water partition coefficient (Wildman–Crippen LogP) is 4.73. The Labute approximate surface area is 175 Å². The van der Waals surface area contributed by atoms with Crippen LogP contribution in [-0.2, 0) is 16.4 Å². The summed E-state index contributed by atoms with van der Waals surface area (Å²) >= 11 is 5.92. The third kappa shape index (κ3) is 3.99. The van der Waals surface area contributed by atoms with Gasteiger partial charge in [0.15, 0.2) is 0 Å². The van der Waals surface area contributed by atoms with Crippen LogP contribution in [0.15, 0.2) is 77.7 Å². The minimum absolute atomic E-state index is 0.190. The summed E-state index contributed by atoms with van der Waals surface area (Å²) in [6.45, 7) is 0.451. The second-order valence-corrected chi connectivity index (χ2v) is 9.10. The van der Waals surface area contributed by atoms with E-state index in [1.54, 1.807) is 36.4 Å². The smallest absolute Gasteiger partial charge is 0.264 e. The Morgan fingerprint density at radius 1 is 0.966 bits per heavy atom. The maximum absolute atomic E-state index is 13.2. The Hall–Kier alpha value is -2.83. The second-order valence-electron chi connectivity index (χ2n) is 6.80. The molecule has 0 radical (unpaired) electrons. The molecule has 4 rings (SSSR count). The highest BCUT2D eigenvalue weighted by Crippen LogP contribution is 2.32. The van der Waals surface area contributed by atoms with E-state index in [4.69, 9.17) is 11.6 Å². The van der Waals surface area contributed by atoms with Crippen molar-refractivity contribution in [3.8, 4) is 0 Å². The molecule has 0 saturated heterocycles. The average molecular weight is 427 g/mol. The fourth-order valence-electron chi connectivity index (χ4n) is 3.42. The number of hydrogen-bond acceptors (Lipinski definition) is 3. The van der Waals surface area contributed by atoms with E-state index in [0.29, 0.717) is 22.8 Å². The van der Waals surface area contributed by atoms with Crippen LogP contribution in [0.25, 0.3) is 0 Å². The van der Waals surface area contributed by atoms with Gasteiger partial charge in [-0.15, -0.1) is 0 Å². The fraction of sp³-hybridized carbons (Fsp3) is 0.136. The molecule has 0 bridgehead atoms. The number of aryl methyl sites for hydroxylation is 1. The third-order valence-corrected chi connectivity index (χ3v) is 6.92. The number of benzene rings is 3. The summed E-state index contributed by atoms with van der Waals surface area (Å²) in [5.41, 5.74) is 2.71. The van der Waals surface area contributed by atoms with Crippen LogP contribution < -0.4 is 9.62 Å². The van der Waals surface area contributed by atoms with Crippen LogP contribution in [0.4, 0.5) is 11.4 Å². The minimum Gasteiger partial charge on any atom is -0.322 e. The SMILES string of the molecule is O=C(Nc1ccc(S(=O)(=O)N2CCCc3ccccc32)cc1)c1cccc(Cl)c1. The Kier molecular flexibility index (Phi) is 5.30. The number of sulfonamides is 1. The molecule has 1 N–H and O–H groups in total. The molecule has 1 aliphatic rings. The molecule has 1 amide bonds. The van der Waals surface area contributed by atoms with Gasteiger partial charge >= 0.3 is 0 Å². The highest BCUT2D eigenvalue weighted by Gasteiger charge is 2.28. The quantitative estimate of drug-likeness (QED) is 0.655. The molecule has 0 unspecified atom stereocenters.